The molecule has 0 unspecified atom stereocenters. The molecule has 0 bridgehead atoms. The fourth-order valence-electron chi connectivity index (χ4n) is 3.14. The molecule has 0 spiro atoms. The molecule has 0 heterocycles. The molecule has 2 aliphatic carbocycles. The zero-order valence-electron chi connectivity index (χ0n) is 11.3. The molecule has 3 rings (SSSR count). The van der Waals surface area contributed by atoms with Gasteiger partial charge in [-0.2, -0.15) is 0 Å². The van der Waals surface area contributed by atoms with Gasteiger partial charge in [0.2, 0.25) is 0 Å². The zero-order chi connectivity index (χ0) is 13.3. The van der Waals surface area contributed by atoms with Gasteiger partial charge in [-0.15, -0.1) is 0 Å². The molecular formula is C17H18O2. The minimum atomic E-state index is -0.193. The van der Waals surface area contributed by atoms with E-state index in [0.29, 0.717) is 13.2 Å². The van der Waals surface area contributed by atoms with E-state index in [4.69, 9.17) is 9.47 Å². The number of fused-ring (bicyclic) bond motifs is 3. The van der Waals surface area contributed by atoms with Gasteiger partial charge >= 0.3 is 0 Å². The van der Waals surface area contributed by atoms with Gasteiger partial charge in [0.1, 0.15) is 0 Å². The number of ether oxygens (including phenoxy) is 2. The molecule has 0 amide bonds. The number of allylic oxidation sites excluding steroid dienone is 2. The highest BCUT2D eigenvalue weighted by Crippen LogP contribution is 2.29. The third kappa shape index (κ3) is 1.88. The van der Waals surface area contributed by atoms with Gasteiger partial charge in [0.05, 0.1) is 18.6 Å². The lowest BCUT2D eigenvalue weighted by atomic mass is 9.75. The molecule has 0 atom stereocenters. The van der Waals surface area contributed by atoms with Gasteiger partial charge in [0.15, 0.2) is 0 Å². The third-order valence-electron chi connectivity index (χ3n) is 3.84. The van der Waals surface area contributed by atoms with Crippen molar-refractivity contribution in [1.29, 1.82) is 0 Å². The van der Waals surface area contributed by atoms with E-state index in [1.165, 1.54) is 21.6 Å². The largest absolute Gasteiger partial charge is 0.383 e. The summed E-state index contributed by atoms with van der Waals surface area (Å²) in [5.41, 5.74) is 2.43. The van der Waals surface area contributed by atoms with Crippen LogP contribution in [0.2, 0.25) is 0 Å². The minimum absolute atomic E-state index is 0.193. The van der Waals surface area contributed by atoms with Gasteiger partial charge in [-0.3, -0.25) is 0 Å². The van der Waals surface area contributed by atoms with Crippen molar-refractivity contribution in [1.82, 2.24) is 0 Å². The topological polar surface area (TPSA) is 18.5 Å². The summed E-state index contributed by atoms with van der Waals surface area (Å²) >= 11 is 0. The number of benzene rings is 1. The van der Waals surface area contributed by atoms with Crippen LogP contribution in [0.25, 0.3) is 18.2 Å². The fraction of sp³-hybridized carbons (Fsp3) is 0.294. The van der Waals surface area contributed by atoms with Crippen molar-refractivity contribution < 1.29 is 9.47 Å². The van der Waals surface area contributed by atoms with E-state index in [1.807, 2.05) is 0 Å². The smallest absolute Gasteiger partial charge is 0.0616 e. The van der Waals surface area contributed by atoms with Crippen molar-refractivity contribution in [2.75, 3.05) is 27.4 Å². The maximum Gasteiger partial charge on any atom is 0.0616 e. The van der Waals surface area contributed by atoms with E-state index in [0.717, 1.165) is 0 Å². The summed E-state index contributed by atoms with van der Waals surface area (Å²) in [7, 11) is 3.49. The van der Waals surface area contributed by atoms with Gasteiger partial charge in [0.25, 0.3) is 0 Å². The summed E-state index contributed by atoms with van der Waals surface area (Å²) in [4.78, 5) is 0. The normalized spacial score (nSPS) is 17.6. The van der Waals surface area contributed by atoms with Crippen LogP contribution in [0.5, 0.6) is 0 Å². The highest BCUT2D eigenvalue weighted by atomic mass is 16.5. The molecule has 0 radical (unpaired) electrons. The molecule has 0 N–H and O–H groups in total. The standard InChI is InChI=1S/C17H18O2/c1-18-11-17(12-19-2)10-4-6-14-9-8-13-5-3-7-15(13)16(14)17/h3-10H,11-12H2,1-2H3. The number of hydrogen-bond donors (Lipinski definition) is 0. The highest BCUT2D eigenvalue weighted by molar-refractivity contribution is 5.72. The van der Waals surface area contributed by atoms with E-state index in [1.54, 1.807) is 14.2 Å². The van der Waals surface area contributed by atoms with Gasteiger partial charge in [-0.05, 0) is 21.6 Å². The minimum Gasteiger partial charge on any atom is -0.383 e. The van der Waals surface area contributed by atoms with Crippen LogP contribution < -0.4 is 10.4 Å². The SMILES string of the molecule is COCC1(COC)C=CC=c2ccc3c(c21)C=CC=3. The lowest BCUT2D eigenvalue weighted by Crippen LogP contribution is -2.42. The molecule has 0 aromatic heterocycles. The summed E-state index contributed by atoms with van der Waals surface area (Å²) in [5.74, 6) is 0. The summed E-state index contributed by atoms with van der Waals surface area (Å²) in [6.45, 7) is 1.25. The first kappa shape index (κ1) is 12.4. The summed E-state index contributed by atoms with van der Waals surface area (Å²) in [5, 5.41) is 2.54. The fourth-order valence-corrected chi connectivity index (χ4v) is 3.14. The predicted molar refractivity (Wildman–Crippen MR) is 78.2 cm³/mol. The molecule has 0 saturated carbocycles. The Morgan fingerprint density at radius 3 is 2.37 bits per heavy atom. The van der Waals surface area contributed by atoms with E-state index in [9.17, 15) is 0 Å². The van der Waals surface area contributed by atoms with Crippen molar-refractivity contribution in [2.45, 2.75) is 5.41 Å². The Hall–Kier alpha value is -1.64. The maximum atomic E-state index is 5.47. The highest BCUT2D eigenvalue weighted by Gasteiger charge is 2.34. The van der Waals surface area contributed by atoms with Crippen LogP contribution in [-0.2, 0) is 14.9 Å². The van der Waals surface area contributed by atoms with E-state index < -0.39 is 0 Å². The molecule has 1 aromatic carbocycles. The summed E-state index contributed by atoms with van der Waals surface area (Å²) in [6, 6.07) is 4.36. The summed E-state index contributed by atoms with van der Waals surface area (Å²) in [6.07, 6.45) is 12.9. The van der Waals surface area contributed by atoms with Crippen LogP contribution in [0.3, 0.4) is 0 Å². The third-order valence-corrected chi connectivity index (χ3v) is 3.84. The van der Waals surface area contributed by atoms with Gasteiger partial charge in [-0.25, -0.2) is 0 Å². The van der Waals surface area contributed by atoms with Crippen LogP contribution >= 0.6 is 0 Å². The molecule has 2 heteroatoms. The van der Waals surface area contributed by atoms with Crippen LogP contribution in [0.4, 0.5) is 0 Å². The molecule has 2 nitrogen and oxygen atoms in total. The zero-order valence-corrected chi connectivity index (χ0v) is 11.3. The second-order valence-corrected chi connectivity index (χ2v) is 5.11. The van der Waals surface area contributed by atoms with Gasteiger partial charge in [0, 0.05) is 14.2 Å². The average molecular weight is 254 g/mol. The lowest BCUT2D eigenvalue weighted by molar-refractivity contribution is 0.0823. The molecule has 98 valence electrons. The maximum absolute atomic E-state index is 5.47. The molecule has 2 aliphatic rings. The number of rotatable bonds is 4. The van der Waals surface area contributed by atoms with E-state index in [-0.39, 0.29) is 5.41 Å². The first-order chi connectivity index (χ1) is 9.30. The Kier molecular flexibility index (Phi) is 3.13. The molecular weight excluding hydrogens is 236 g/mol. The van der Waals surface area contributed by atoms with E-state index >= 15 is 0 Å². The number of methoxy groups -OCH3 is 2. The van der Waals surface area contributed by atoms with Gasteiger partial charge in [-0.1, -0.05) is 48.6 Å². The second-order valence-electron chi connectivity index (χ2n) is 5.11. The first-order valence-electron chi connectivity index (χ1n) is 6.50. The summed E-state index contributed by atoms with van der Waals surface area (Å²) < 4.78 is 10.9. The average Bonchev–Trinajstić information content (AvgIpc) is 2.87. The van der Waals surface area contributed by atoms with Crippen LogP contribution in [-0.4, -0.2) is 27.4 Å². The van der Waals surface area contributed by atoms with Crippen LogP contribution in [0, 0.1) is 0 Å². The van der Waals surface area contributed by atoms with Gasteiger partial charge < -0.3 is 9.47 Å². The Bertz CT molecular complexity index is 659. The Morgan fingerprint density at radius 2 is 1.63 bits per heavy atom. The molecule has 0 fully saturated rings. The van der Waals surface area contributed by atoms with Crippen LogP contribution in [0.1, 0.15) is 11.1 Å². The molecule has 1 aromatic rings. The second kappa shape index (κ2) is 4.80. The predicted octanol–water partition coefficient (Wildman–Crippen LogP) is 1.37. The Morgan fingerprint density at radius 1 is 0.947 bits per heavy atom. The Balaban J connectivity index is 2.28. The van der Waals surface area contributed by atoms with Crippen molar-refractivity contribution in [3.05, 3.63) is 51.9 Å². The van der Waals surface area contributed by atoms with Crippen LogP contribution in [0.15, 0.2) is 30.4 Å². The van der Waals surface area contributed by atoms with Crippen molar-refractivity contribution in [3.63, 3.8) is 0 Å². The first-order valence-corrected chi connectivity index (χ1v) is 6.50. The van der Waals surface area contributed by atoms with E-state index in [2.05, 4.69) is 48.6 Å². The molecule has 19 heavy (non-hydrogen) atoms. The monoisotopic (exact) mass is 254 g/mol. The lowest BCUT2D eigenvalue weighted by Gasteiger charge is -2.33. The van der Waals surface area contributed by atoms with Crippen molar-refractivity contribution in [3.8, 4) is 0 Å². The number of hydrogen-bond acceptors (Lipinski definition) is 2. The molecule has 0 aliphatic heterocycles. The quantitative estimate of drug-likeness (QED) is 0.808. The Labute approximate surface area is 113 Å². The molecule has 0 saturated heterocycles. The van der Waals surface area contributed by atoms with Crippen molar-refractivity contribution in [2.24, 2.45) is 0 Å². The van der Waals surface area contributed by atoms with Crippen molar-refractivity contribution >= 4 is 18.2 Å².